The van der Waals surface area contributed by atoms with Crippen LogP contribution in [-0.2, 0) is 22.0 Å². The second kappa shape index (κ2) is 8.88. The Kier molecular flexibility index (Phi) is 7.82. The van der Waals surface area contributed by atoms with Crippen LogP contribution < -0.4 is 0 Å². The van der Waals surface area contributed by atoms with Crippen LogP contribution in [0.15, 0.2) is 12.1 Å². The number of phenolic OH excluding ortho intramolecular Hbond substituents is 1. The van der Waals surface area contributed by atoms with Gasteiger partial charge in [0, 0.05) is 12.0 Å². The second-order valence-electron chi connectivity index (χ2n) is 11.7. The van der Waals surface area contributed by atoms with E-state index < -0.39 is 11.1 Å². The van der Waals surface area contributed by atoms with Crippen molar-refractivity contribution in [2.24, 2.45) is 0 Å². The molecule has 1 aromatic carbocycles. The molecule has 3 N–H and O–H groups in total. The maximum Gasteiger partial charge on any atom is 0.223 e. The number of hydrogen-bond donors (Lipinski definition) is 3. The van der Waals surface area contributed by atoms with E-state index in [2.05, 4.69) is 47.6 Å². The number of aromatic hydroxyl groups is 1. The SMILES string of the molecule is CC(C)(C)c1cc(CCC(=O)N(C(C)(C)C)C(C)(CO)CO)c(O)c(C(C)(C)C)c1. The highest BCUT2D eigenvalue weighted by Gasteiger charge is 2.41. The number of aliphatic hydroxyl groups is 2. The largest absolute Gasteiger partial charge is 0.507 e. The van der Waals surface area contributed by atoms with Crippen LogP contribution in [0.2, 0.25) is 0 Å². The zero-order valence-corrected chi connectivity index (χ0v) is 20.7. The minimum Gasteiger partial charge on any atom is -0.507 e. The fourth-order valence-corrected chi connectivity index (χ4v) is 3.92. The van der Waals surface area contributed by atoms with Crippen molar-refractivity contribution in [1.29, 1.82) is 0 Å². The van der Waals surface area contributed by atoms with Gasteiger partial charge in [-0.3, -0.25) is 4.79 Å². The fourth-order valence-electron chi connectivity index (χ4n) is 3.92. The van der Waals surface area contributed by atoms with E-state index in [0.29, 0.717) is 6.42 Å². The highest BCUT2D eigenvalue weighted by atomic mass is 16.3. The second-order valence-corrected chi connectivity index (χ2v) is 11.7. The van der Waals surface area contributed by atoms with E-state index >= 15 is 0 Å². The molecule has 0 saturated carbocycles. The number of benzene rings is 1. The van der Waals surface area contributed by atoms with Gasteiger partial charge in [-0.25, -0.2) is 0 Å². The Labute approximate surface area is 183 Å². The Hall–Kier alpha value is -1.59. The first-order valence-electron chi connectivity index (χ1n) is 10.8. The van der Waals surface area contributed by atoms with Crippen LogP contribution >= 0.6 is 0 Å². The molecule has 30 heavy (non-hydrogen) atoms. The van der Waals surface area contributed by atoms with Crippen molar-refractivity contribution in [2.45, 2.75) is 104 Å². The van der Waals surface area contributed by atoms with E-state index in [-0.39, 0.29) is 42.1 Å². The van der Waals surface area contributed by atoms with Crippen molar-refractivity contribution in [3.63, 3.8) is 0 Å². The first-order chi connectivity index (χ1) is 13.4. The molecule has 1 aromatic rings. The number of carbonyl (C=O) groups is 1. The van der Waals surface area contributed by atoms with Gasteiger partial charge in [0.15, 0.2) is 0 Å². The molecule has 0 unspecified atom stereocenters. The summed E-state index contributed by atoms with van der Waals surface area (Å²) in [6.07, 6.45) is 0.564. The lowest BCUT2D eigenvalue weighted by molar-refractivity contribution is -0.150. The zero-order chi connectivity index (χ0) is 23.7. The average molecular weight is 422 g/mol. The van der Waals surface area contributed by atoms with E-state index in [1.54, 1.807) is 11.8 Å². The number of hydrogen-bond acceptors (Lipinski definition) is 4. The lowest BCUT2D eigenvalue weighted by atomic mass is 9.78. The van der Waals surface area contributed by atoms with Gasteiger partial charge in [-0.05, 0) is 61.6 Å². The first-order valence-corrected chi connectivity index (χ1v) is 10.8. The molecule has 1 amide bonds. The van der Waals surface area contributed by atoms with Crippen molar-refractivity contribution in [2.75, 3.05) is 13.2 Å². The van der Waals surface area contributed by atoms with Gasteiger partial charge < -0.3 is 20.2 Å². The average Bonchev–Trinajstić information content (AvgIpc) is 2.57. The Bertz CT molecular complexity index is 744. The van der Waals surface area contributed by atoms with E-state index in [0.717, 1.165) is 16.7 Å². The molecule has 0 aliphatic carbocycles. The Balaban J connectivity index is 3.35. The summed E-state index contributed by atoms with van der Waals surface area (Å²) in [5, 5.41) is 30.7. The maximum absolute atomic E-state index is 13.2. The molecule has 0 fully saturated rings. The molecular weight excluding hydrogens is 378 g/mol. The number of aryl methyl sites for hydroxylation is 1. The lowest BCUT2D eigenvalue weighted by Gasteiger charge is -2.47. The molecule has 5 nitrogen and oxygen atoms in total. The fraction of sp³-hybridized carbons (Fsp3) is 0.720. The van der Waals surface area contributed by atoms with Gasteiger partial charge in [0.2, 0.25) is 5.91 Å². The van der Waals surface area contributed by atoms with Crippen LogP contribution in [0.3, 0.4) is 0 Å². The Morgan fingerprint density at radius 3 is 1.73 bits per heavy atom. The van der Waals surface area contributed by atoms with Crippen molar-refractivity contribution in [1.82, 2.24) is 4.90 Å². The van der Waals surface area contributed by atoms with E-state index in [1.807, 2.05) is 26.8 Å². The molecule has 172 valence electrons. The summed E-state index contributed by atoms with van der Waals surface area (Å²) in [6, 6.07) is 4.06. The van der Waals surface area contributed by atoms with Gasteiger partial charge in [0.25, 0.3) is 0 Å². The van der Waals surface area contributed by atoms with E-state index in [9.17, 15) is 20.1 Å². The predicted octanol–water partition coefficient (Wildman–Crippen LogP) is 4.29. The number of aliphatic hydroxyl groups excluding tert-OH is 2. The van der Waals surface area contributed by atoms with Crippen LogP contribution in [0.4, 0.5) is 0 Å². The van der Waals surface area contributed by atoms with Crippen molar-refractivity contribution >= 4 is 5.91 Å². The molecule has 0 atom stereocenters. The standard InChI is InChI=1S/C25H43NO4/c1-22(2,3)18-13-17(21(30)19(14-18)23(4,5)6)11-12-20(29)26(24(7,8)9)25(10,15-27)16-28/h13-14,27-28,30H,11-12,15-16H2,1-10H3. The quantitative estimate of drug-likeness (QED) is 0.640. The number of nitrogens with zero attached hydrogens (tertiary/aromatic N) is 1. The molecule has 0 aliphatic heterocycles. The zero-order valence-electron chi connectivity index (χ0n) is 20.7. The topological polar surface area (TPSA) is 81.0 Å². The Morgan fingerprint density at radius 2 is 1.37 bits per heavy atom. The van der Waals surface area contributed by atoms with Crippen molar-refractivity contribution in [3.05, 3.63) is 28.8 Å². The number of phenols is 1. The molecule has 1 rings (SSSR count). The monoisotopic (exact) mass is 421 g/mol. The highest BCUT2D eigenvalue weighted by molar-refractivity contribution is 5.78. The third-order valence-corrected chi connectivity index (χ3v) is 5.61. The minimum absolute atomic E-state index is 0.0871. The van der Waals surface area contributed by atoms with Crippen LogP contribution in [-0.4, -0.2) is 50.4 Å². The van der Waals surface area contributed by atoms with Crippen molar-refractivity contribution < 1.29 is 20.1 Å². The number of carbonyl (C=O) groups excluding carboxylic acids is 1. The molecule has 0 radical (unpaired) electrons. The van der Waals surface area contributed by atoms with Gasteiger partial charge in [-0.2, -0.15) is 0 Å². The smallest absolute Gasteiger partial charge is 0.223 e. The third-order valence-electron chi connectivity index (χ3n) is 5.61. The van der Waals surface area contributed by atoms with Gasteiger partial charge in [-0.15, -0.1) is 0 Å². The summed E-state index contributed by atoms with van der Waals surface area (Å²) in [6.45, 7) is 19.3. The summed E-state index contributed by atoms with van der Waals surface area (Å²) >= 11 is 0. The highest BCUT2D eigenvalue weighted by Crippen LogP contribution is 2.38. The summed E-state index contributed by atoms with van der Waals surface area (Å²) in [7, 11) is 0. The van der Waals surface area contributed by atoms with Gasteiger partial charge in [0.1, 0.15) is 5.75 Å². The van der Waals surface area contributed by atoms with Crippen LogP contribution in [0.25, 0.3) is 0 Å². The predicted molar refractivity (Wildman–Crippen MR) is 123 cm³/mol. The molecule has 5 heteroatoms. The van der Waals surface area contributed by atoms with Gasteiger partial charge in [-0.1, -0.05) is 53.7 Å². The summed E-state index contributed by atoms with van der Waals surface area (Å²) in [5.41, 5.74) is 0.815. The van der Waals surface area contributed by atoms with Crippen LogP contribution in [0, 0.1) is 0 Å². The lowest BCUT2D eigenvalue weighted by Crippen LogP contribution is -2.62. The van der Waals surface area contributed by atoms with Gasteiger partial charge >= 0.3 is 0 Å². The molecule has 0 bridgehead atoms. The summed E-state index contributed by atoms with van der Waals surface area (Å²) in [5.74, 6) is 0.0867. The van der Waals surface area contributed by atoms with Crippen LogP contribution in [0.1, 0.15) is 92.3 Å². The van der Waals surface area contributed by atoms with E-state index in [4.69, 9.17) is 0 Å². The third kappa shape index (κ3) is 5.98. The molecule has 0 aromatic heterocycles. The number of amides is 1. The molecule has 0 aliphatic rings. The summed E-state index contributed by atoms with van der Waals surface area (Å²) < 4.78 is 0. The maximum atomic E-state index is 13.2. The molecule has 0 spiro atoms. The molecular formula is C25H43NO4. The molecule has 0 heterocycles. The summed E-state index contributed by atoms with van der Waals surface area (Å²) in [4.78, 5) is 14.8. The van der Waals surface area contributed by atoms with Gasteiger partial charge in [0.05, 0.1) is 18.8 Å². The van der Waals surface area contributed by atoms with Crippen molar-refractivity contribution in [3.8, 4) is 5.75 Å². The van der Waals surface area contributed by atoms with E-state index in [1.165, 1.54) is 0 Å². The number of rotatable bonds is 6. The minimum atomic E-state index is -1.05. The first kappa shape index (κ1) is 26.4. The van der Waals surface area contributed by atoms with Crippen LogP contribution in [0.5, 0.6) is 5.75 Å². The normalized spacial score (nSPS) is 13.5. The Morgan fingerprint density at radius 1 is 0.867 bits per heavy atom. The molecule has 0 saturated heterocycles.